The summed E-state index contributed by atoms with van der Waals surface area (Å²) in [7, 11) is 1.30. The molecule has 3 N–H and O–H groups in total. The smallest absolute Gasteiger partial charge is 0.341 e. The number of anilines is 2. The molecule has 0 aliphatic heterocycles. The van der Waals surface area contributed by atoms with Gasteiger partial charge in [0.05, 0.1) is 31.7 Å². The first-order valence-electron chi connectivity index (χ1n) is 5.18. The van der Waals surface area contributed by atoms with Crippen LogP contribution in [0.4, 0.5) is 11.5 Å². The van der Waals surface area contributed by atoms with Crippen LogP contribution in [0.5, 0.6) is 0 Å². The van der Waals surface area contributed by atoms with Crippen LogP contribution in [0.2, 0.25) is 0 Å². The molecule has 7 heteroatoms. The maximum Gasteiger partial charge on any atom is 0.341 e. The van der Waals surface area contributed by atoms with Gasteiger partial charge in [0.15, 0.2) is 5.76 Å². The molecule has 0 fully saturated rings. The Balaban J connectivity index is 2.18. The molecule has 0 aliphatic carbocycles. The van der Waals surface area contributed by atoms with Crippen LogP contribution >= 0.6 is 0 Å². The Bertz CT molecular complexity index is 539. The van der Waals surface area contributed by atoms with E-state index in [1.807, 2.05) is 0 Å². The maximum absolute atomic E-state index is 11.6. The number of hydrogen-bond donors (Lipinski definition) is 2. The number of esters is 1. The molecule has 2 aromatic rings. The quantitative estimate of drug-likeness (QED) is 0.779. The van der Waals surface area contributed by atoms with Gasteiger partial charge < -0.3 is 20.3 Å². The lowest BCUT2D eigenvalue weighted by atomic mass is 10.2. The average molecular weight is 248 g/mol. The number of ether oxygens (including phenoxy) is 1. The molecule has 0 bridgehead atoms. The fourth-order valence-corrected chi connectivity index (χ4v) is 1.39. The van der Waals surface area contributed by atoms with Crippen molar-refractivity contribution < 1.29 is 14.1 Å². The first kappa shape index (κ1) is 11.9. The molecule has 2 rings (SSSR count). The third-order valence-corrected chi connectivity index (χ3v) is 2.24. The second-order valence-corrected chi connectivity index (χ2v) is 3.49. The molecule has 18 heavy (non-hydrogen) atoms. The molecule has 94 valence electrons. The number of carbonyl (C=O) groups is 1. The highest BCUT2D eigenvalue weighted by Crippen LogP contribution is 2.17. The SMILES string of the molecule is COC(=O)c1cc(N)cnc1NCc1ccno1. The standard InChI is InChI=1S/C11H12N4O3/c1-17-11(16)9-4-7(12)5-13-10(9)14-6-8-2-3-15-18-8/h2-5H,6,12H2,1H3,(H,13,14). The van der Waals surface area contributed by atoms with Crippen molar-refractivity contribution in [1.29, 1.82) is 0 Å². The Kier molecular flexibility index (Phi) is 3.42. The monoisotopic (exact) mass is 248 g/mol. The number of aromatic nitrogens is 2. The summed E-state index contributed by atoms with van der Waals surface area (Å²) in [4.78, 5) is 15.6. The van der Waals surface area contributed by atoms with Crippen molar-refractivity contribution >= 4 is 17.5 Å². The van der Waals surface area contributed by atoms with Gasteiger partial charge in [0, 0.05) is 6.07 Å². The van der Waals surface area contributed by atoms with Gasteiger partial charge in [-0.25, -0.2) is 9.78 Å². The van der Waals surface area contributed by atoms with Gasteiger partial charge in [-0.3, -0.25) is 0 Å². The highest BCUT2D eigenvalue weighted by Gasteiger charge is 2.13. The van der Waals surface area contributed by atoms with Gasteiger partial charge in [0.25, 0.3) is 0 Å². The van der Waals surface area contributed by atoms with Crippen LogP contribution in [0.1, 0.15) is 16.1 Å². The number of hydrogen-bond acceptors (Lipinski definition) is 7. The fourth-order valence-electron chi connectivity index (χ4n) is 1.39. The van der Waals surface area contributed by atoms with Gasteiger partial charge in [-0.05, 0) is 6.07 Å². The summed E-state index contributed by atoms with van der Waals surface area (Å²) in [6, 6.07) is 3.21. The van der Waals surface area contributed by atoms with Crippen molar-refractivity contribution in [1.82, 2.24) is 10.1 Å². The molecule has 0 radical (unpaired) electrons. The first-order chi connectivity index (χ1) is 8.70. The fraction of sp³-hybridized carbons (Fsp3) is 0.182. The van der Waals surface area contributed by atoms with Crippen molar-refractivity contribution in [2.24, 2.45) is 0 Å². The van der Waals surface area contributed by atoms with E-state index in [4.69, 9.17) is 10.3 Å². The first-order valence-corrected chi connectivity index (χ1v) is 5.18. The number of nitrogens with two attached hydrogens (primary N) is 1. The second-order valence-electron chi connectivity index (χ2n) is 3.49. The van der Waals surface area contributed by atoms with Gasteiger partial charge in [-0.1, -0.05) is 5.16 Å². The van der Waals surface area contributed by atoms with Gasteiger partial charge in [-0.2, -0.15) is 0 Å². The van der Waals surface area contributed by atoms with Crippen molar-refractivity contribution in [2.75, 3.05) is 18.2 Å². The van der Waals surface area contributed by atoms with Crippen LogP contribution < -0.4 is 11.1 Å². The largest absolute Gasteiger partial charge is 0.465 e. The number of pyridine rings is 1. The highest BCUT2D eigenvalue weighted by atomic mass is 16.5. The van der Waals surface area contributed by atoms with E-state index in [0.29, 0.717) is 23.8 Å². The Morgan fingerprint density at radius 1 is 1.61 bits per heavy atom. The van der Waals surface area contributed by atoms with E-state index in [1.54, 1.807) is 6.07 Å². The molecular formula is C11H12N4O3. The average Bonchev–Trinajstić information content (AvgIpc) is 2.89. The minimum absolute atomic E-state index is 0.275. The summed E-state index contributed by atoms with van der Waals surface area (Å²) >= 11 is 0. The van der Waals surface area contributed by atoms with Crippen LogP contribution in [-0.2, 0) is 11.3 Å². The molecule has 2 heterocycles. The number of rotatable bonds is 4. The number of nitrogen functional groups attached to an aromatic ring is 1. The van der Waals surface area contributed by atoms with Gasteiger partial charge >= 0.3 is 5.97 Å². The summed E-state index contributed by atoms with van der Waals surface area (Å²) in [5, 5.41) is 6.53. The Morgan fingerprint density at radius 3 is 3.11 bits per heavy atom. The number of carbonyl (C=O) groups excluding carboxylic acids is 1. The summed E-state index contributed by atoms with van der Waals surface area (Å²) in [6.45, 7) is 0.362. The van der Waals surface area contributed by atoms with E-state index in [9.17, 15) is 4.79 Å². The lowest BCUT2D eigenvalue weighted by Crippen LogP contribution is -2.10. The molecule has 0 unspecified atom stereocenters. The minimum atomic E-state index is -0.505. The van der Waals surface area contributed by atoms with Crippen LogP contribution in [0.15, 0.2) is 29.0 Å². The number of nitrogens with zero attached hydrogens (tertiary/aromatic N) is 2. The molecule has 0 saturated carbocycles. The minimum Gasteiger partial charge on any atom is -0.465 e. The lowest BCUT2D eigenvalue weighted by molar-refractivity contribution is 0.0601. The molecule has 0 amide bonds. The highest BCUT2D eigenvalue weighted by molar-refractivity contribution is 5.95. The van der Waals surface area contributed by atoms with Gasteiger partial charge in [-0.15, -0.1) is 0 Å². The summed E-state index contributed by atoms with van der Waals surface area (Å²) in [5.41, 5.74) is 6.25. The van der Waals surface area contributed by atoms with Gasteiger partial charge in [0.1, 0.15) is 11.4 Å². The van der Waals surface area contributed by atoms with Crippen molar-refractivity contribution in [3.05, 3.63) is 35.9 Å². The third kappa shape index (κ3) is 2.57. The predicted molar refractivity (Wildman–Crippen MR) is 63.8 cm³/mol. The van der Waals surface area contributed by atoms with Gasteiger partial charge in [0.2, 0.25) is 0 Å². The van der Waals surface area contributed by atoms with Crippen molar-refractivity contribution in [3.8, 4) is 0 Å². The third-order valence-electron chi connectivity index (χ3n) is 2.24. The maximum atomic E-state index is 11.6. The van der Waals surface area contributed by atoms with E-state index >= 15 is 0 Å². The van der Waals surface area contributed by atoms with Crippen LogP contribution in [-0.4, -0.2) is 23.2 Å². The zero-order valence-electron chi connectivity index (χ0n) is 9.71. The van der Waals surface area contributed by atoms with Crippen LogP contribution in [0, 0.1) is 0 Å². The zero-order valence-corrected chi connectivity index (χ0v) is 9.71. The van der Waals surface area contributed by atoms with Crippen LogP contribution in [0.25, 0.3) is 0 Å². The summed E-state index contributed by atoms with van der Waals surface area (Å²) < 4.78 is 9.58. The summed E-state index contributed by atoms with van der Waals surface area (Å²) in [6.07, 6.45) is 2.99. The predicted octanol–water partition coefficient (Wildman–Crippen LogP) is 1.05. The molecule has 0 aliphatic rings. The topological polar surface area (TPSA) is 103 Å². The van der Waals surface area contributed by atoms with E-state index in [1.165, 1.54) is 25.6 Å². The molecule has 0 spiro atoms. The van der Waals surface area contributed by atoms with E-state index in [-0.39, 0.29) is 5.56 Å². The summed E-state index contributed by atoms with van der Waals surface area (Å²) in [5.74, 6) is 0.506. The van der Waals surface area contributed by atoms with E-state index < -0.39 is 5.97 Å². The van der Waals surface area contributed by atoms with Crippen molar-refractivity contribution in [3.63, 3.8) is 0 Å². The molecule has 7 nitrogen and oxygen atoms in total. The number of methoxy groups -OCH3 is 1. The second kappa shape index (κ2) is 5.17. The lowest BCUT2D eigenvalue weighted by Gasteiger charge is -2.08. The molecule has 2 aromatic heterocycles. The van der Waals surface area contributed by atoms with Crippen LogP contribution in [0.3, 0.4) is 0 Å². The molecular weight excluding hydrogens is 236 g/mol. The normalized spacial score (nSPS) is 10.1. The Hall–Kier alpha value is -2.57. The zero-order chi connectivity index (χ0) is 13.0. The Labute approximate surface area is 103 Å². The van der Waals surface area contributed by atoms with E-state index in [0.717, 1.165) is 0 Å². The molecule has 0 atom stereocenters. The molecule has 0 aromatic carbocycles. The Morgan fingerprint density at radius 2 is 2.44 bits per heavy atom. The molecule has 0 saturated heterocycles. The number of nitrogens with one attached hydrogen (secondary N) is 1. The van der Waals surface area contributed by atoms with Crippen molar-refractivity contribution in [2.45, 2.75) is 6.54 Å². The van der Waals surface area contributed by atoms with E-state index in [2.05, 4.69) is 20.2 Å².